The lowest BCUT2D eigenvalue weighted by Gasteiger charge is -2.60. The van der Waals surface area contributed by atoms with Crippen LogP contribution in [0.25, 0.3) is 0 Å². The first-order valence-corrected chi connectivity index (χ1v) is 13.0. The Hall–Kier alpha value is -3.92. The van der Waals surface area contributed by atoms with E-state index in [2.05, 4.69) is 11.4 Å². The third-order valence-electron chi connectivity index (χ3n) is 8.89. The zero-order valence-corrected chi connectivity index (χ0v) is 23.0. The number of hydrogen-bond donors (Lipinski definition) is 2. The third-order valence-corrected chi connectivity index (χ3v) is 8.89. The van der Waals surface area contributed by atoms with Crippen LogP contribution in [0.5, 0.6) is 0 Å². The van der Waals surface area contributed by atoms with Crippen LogP contribution in [0.4, 0.5) is 0 Å². The lowest BCUT2D eigenvalue weighted by molar-refractivity contribution is -0.126. The number of Topliss-reactive ketones (excluding diaryl/α,β-unsaturated/α-hetero) is 4. The molecule has 5 atom stereocenters. The van der Waals surface area contributed by atoms with Crippen molar-refractivity contribution in [2.75, 3.05) is 34.4 Å². The number of nitriles is 1. The van der Waals surface area contributed by atoms with Crippen LogP contribution >= 0.6 is 0 Å². The molecule has 3 N–H and O–H groups in total. The number of ketones is 4. The molecule has 12 heteroatoms. The molecule has 5 aliphatic rings. The molecule has 1 amide bonds. The van der Waals surface area contributed by atoms with Gasteiger partial charge in [0.2, 0.25) is 17.5 Å². The van der Waals surface area contributed by atoms with E-state index in [9.17, 15) is 29.2 Å². The summed E-state index contributed by atoms with van der Waals surface area (Å²) < 4.78 is 10.7. The van der Waals surface area contributed by atoms with Gasteiger partial charge in [0.25, 0.3) is 0 Å². The highest BCUT2D eigenvalue weighted by Gasteiger charge is 2.59. The molecule has 12 nitrogen and oxygen atoms in total. The molecule has 2 aliphatic carbocycles. The Kier molecular flexibility index (Phi) is 6.86. The van der Waals surface area contributed by atoms with Gasteiger partial charge < -0.3 is 20.5 Å². The number of nitrogens with one attached hydrogen (secondary N) is 1. The fourth-order valence-corrected chi connectivity index (χ4v) is 7.10. The van der Waals surface area contributed by atoms with Crippen molar-refractivity contribution in [2.45, 2.75) is 56.9 Å². The van der Waals surface area contributed by atoms with Gasteiger partial charge >= 0.3 is 0 Å². The molecule has 0 aromatic rings. The minimum atomic E-state index is -0.877. The van der Waals surface area contributed by atoms with Crippen LogP contribution in [0, 0.1) is 11.3 Å². The number of piperazine rings is 1. The SMILES string of the molecule is COC1=C(C)C(=O)C2=C(C1=O)C1C3CC4=C(C(=O)C(OC)=C(C)C4=O)C(CNC(=O)CN)N3C(C#N)C(C2)N1C. The zero-order chi connectivity index (χ0) is 29.2. The minimum Gasteiger partial charge on any atom is -0.492 e. The van der Waals surface area contributed by atoms with E-state index in [-0.39, 0.29) is 76.9 Å². The van der Waals surface area contributed by atoms with Gasteiger partial charge in [-0.05, 0) is 33.7 Å². The minimum absolute atomic E-state index is 0.0283. The summed E-state index contributed by atoms with van der Waals surface area (Å²) in [6.45, 7) is 2.69. The lowest BCUT2D eigenvalue weighted by atomic mass is 9.67. The molecular formula is C28H31N5O7. The first-order chi connectivity index (χ1) is 19.0. The van der Waals surface area contributed by atoms with Crippen molar-refractivity contribution < 1.29 is 33.4 Å². The predicted octanol–water partition coefficient (Wildman–Crippen LogP) is -0.780. The first kappa shape index (κ1) is 27.6. The smallest absolute Gasteiger partial charge is 0.233 e. The topological polar surface area (TPSA) is 172 Å². The number of nitrogens with two attached hydrogens (primary N) is 1. The summed E-state index contributed by atoms with van der Waals surface area (Å²) in [4.78, 5) is 70.5. The van der Waals surface area contributed by atoms with Gasteiger partial charge in [0, 0.05) is 52.1 Å². The maximum Gasteiger partial charge on any atom is 0.233 e. The number of carbonyl (C=O) groups excluding carboxylic acids is 5. The summed E-state index contributed by atoms with van der Waals surface area (Å²) in [5.41, 5.74) is 6.95. The van der Waals surface area contributed by atoms with Crippen LogP contribution in [0.1, 0.15) is 26.7 Å². The number of hydrogen-bond acceptors (Lipinski definition) is 11. The van der Waals surface area contributed by atoms with Crippen LogP contribution < -0.4 is 11.1 Å². The number of fused-ring (bicyclic) bond motifs is 5. The van der Waals surface area contributed by atoms with Crippen LogP contribution in [0.2, 0.25) is 0 Å². The molecule has 0 saturated carbocycles. The Morgan fingerprint density at radius 2 is 1.48 bits per heavy atom. The average molecular weight is 550 g/mol. The number of ether oxygens (including phenoxy) is 2. The van der Waals surface area contributed by atoms with E-state index in [1.165, 1.54) is 21.1 Å². The maximum absolute atomic E-state index is 13.8. The molecule has 3 aliphatic heterocycles. The molecule has 0 radical (unpaired) electrons. The predicted molar refractivity (Wildman–Crippen MR) is 139 cm³/mol. The number of likely N-dealkylation sites (N-methyl/N-ethyl adjacent to an activating group) is 1. The molecule has 1 saturated heterocycles. The molecule has 0 spiro atoms. The van der Waals surface area contributed by atoms with E-state index in [4.69, 9.17) is 15.2 Å². The number of amides is 1. The Morgan fingerprint density at radius 1 is 0.950 bits per heavy atom. The Labute approximate surface area is 231 Å². The van der Waals surface area contributed by atoms with Crippen molar-refractivity contribution in [2.24, 2.45) is 5.73 Å². The van der Waals surface area contributed by atoms with Crippen LogP contribution in [0.15, 0.2) is 45.0 Å². The molecule has 0 aromatic carbocycles. The molecule has 5 unspecified atom stereocenters. The standard InChI is InChI=1S/C28H31N5O7/c1-11-23(35)13-7-16-22-21-14(24(36)12(2)28(40-5)26(21)38)6-15(32(22)3)17(8-29)33(16)18(10-31-19(34)9-30)20(13)25(37)27(11)39-4/h15-18,22H,6-7,9-10,30H2,1-5H3,(H,31,34). The summed E-state index contributed by atoms with van der Waals surface area (Å²) in [6, 6.07) is -1.16. The number of nitrogens with zero attached hydrogens (tertiary/aromatic N) is 3. The van der Waals surface area contributed by atoms with Gasteiger partial charge in [-0.15, -0.1) is 0 Å². The van der Waals surface area contributed by atoms with E-state index >= 15 is 0 Å². The van der Waals surface area contributed by atoms with Crippen molar-refractivity contribution in [3.8, 4) is 6.07 Å². The van der Waals surface area contributed by atoms with Crippen molar-refractivity contribution in [1.82, 2.24) is 15.1 Å². The van der Waals surface area contributed by atoms with Gasteiger partial charge in [-0.1, -0.05) is 0 Å². The molecule has 3 heterocycles. The number of rotatable bonds is 5. The Bertz CT molecular complexity index is 1440. The fraction of sp³-hybridized carbons (Fsp3) is 0.500. The fourth-order valence-electron chi connectivity index (χ4n) is 7.10. The second kappa shape index (κ2) is 9.92. The number of allylic oxidation sites excluding steroid dienone is 4. The van der Waals surface area contributed by atoms with Gasteiger partial charge in [0.05, 0.1) is 38.9 Å². The van der Waals surface area contributed by atoms with Gasteiger partial charge in [-0.3, -0.25) is 33.8 Å². The van der Waals surface area contributed by atoms with E-state index < -0.39 is 47.7 Å². The highest BCUT2D eigenvalue weighted by atomic mass is 16.5. The Balaban J connectivity index is 1.72. The Morgan fingerprint density at radius 3 is 2.00 bits per heavy atom. The van der Waals surface area contributed by atoms with Crippen molar-refractivity contribution >= 4 is 29.0 Å². The van der Waals surface area contributed by atoms with E-state index in [0.29, 0.717) is 5.57 Å². The van der Waals surface area contributed by atoms with Crippen molar-refractivity contribution in [3.63, 3.8) is 0 Å². The summed E-state index contributed by atoms with van der Waals surface area (Å²) >= 11 is 0. The first-order valence-electron chi connectivity index (χ1n) is 13.0. The van der Waals surface area contributed by atoms with Crippen LogP contribution in [-0.4, -0.2) is 103 Å². The van der Waals surface area contributed by atoms with E-state index in [0.717, 1.165) is 0 Å². The van der Waals surface area contributed by atoms with Gasteiger partial charge in [0.1, 0.15) is 6.04 Å². The summed E-state index contributed by atoms with van der Waals surface area (Å²) in [6.07, 6.45) is 0.199. The summed E-state index contributed by atoms with van der Waals surface area (Å²) in [5, 5.41) is 13.2. The molecule has 40 heavy (non-hydrogen) atoms. The molecular weight excluding hydrogens is 518 g/mol. The molecule has 210 valence electrons. The summed E-state index contributed by atoms with van der Waals surface area (Å²) in [5.74, 6) is -2.13. The number of carbonyl (C=O) groups is 5. The van der Waals surface area contributed by atoms with Gasteiger partial charge in [0.15, 0.2) is 23.1 Å². The maximum atomic E-state index is 13.8. The summed E-state index contributed by atoms with van der Waals surface area (Å²) in [7, 11) is 4.45. The molecule has 2 bridgehead atoms. The van der Waals surface area contributed by atoms with E-state index in [1.807, 2.05) is 9.80 Å². The third kappa shape index (κ3) is 3.65. The quantitative estimate of drug-likeness (QED) is 0.412. The molecule has 5 rings (SSSR count). The second-order valence-electron chi connectivity index (χ2n) is 10.6. The van der Waals surface area contributed by atoms with Crippen molar-refractivity contribution in [1.29, 1.82) is 5.26 Å². The van der Waals surface area contributed by atoms with E-state index in [1.54, 1.807) is 14.0 Å². The monoisotopic (exact) mass is 549 g/mol. The van der Waals surface area contributed by atoms with Crippen LogP contribution in [-0.2, 0) is 33.4 Å². The van der Waals surface area contributed by atoms with Crippen LogP contribution in [0.3, 0.4) is 0 Å². The highest BCUT2D eigenvalue weighted by molar-refractivity contribution is 6.26. The van der Waals surface area contributed by atoms with Gasteiger partial charge in [-0.2, -0.15) is 5.26 Å². The van der Waals surface area contributed by atoms with Crippen molar-refractivity contribution in [3.05, 3.63) is 45.0 Å². The molecule has 1 fully saturated rings. The normalized spacial score (nSPS) is 30.7. The largest absolute Gasteiger partial charge is 0.492 e. The number of methoxy groups -OCH3 is 2. The van der Waals surface area contributed by atoms with Gasteiger partial charge in [-0.25, -0.2) is 0 Å². The average Bonchev–Trinajstić information content (AvgIpc) is 2.93. The second-order valence-corrected chi connectivity index (χ2v) is 10.6. The zero-order valence-electron chi connectivity index (χ0n) is 23.0. The highest BCUT2D eigenvalue weighted by Crippen LogP contribution is 2.48. The lowest BCUT2D eigenvalue weighted by Crippen LogP contribution is -2.74. The molecule has 0 aromatic heterocycles.